The smallest absolute Gasteiger partial charge is 0.286 e. The molecule has 2 heterocycles. The molecule has 6 nitrogen and oxygen atoms in total. The van der Waals surface area contributed by atoms with Gasteiger partial charge in [0, 0.05) is 37.6 Å². The third-order valence-corrected chi connectivity index (χ3v) is 6.84. The number of furan rings is 1. The number of carbonyl (C=O) groups excluding carboxylic acids is 1. The highest BCUT2D eigenvalue weighted by atomic mass is 32.2. The van der Waals surface area contributed by atoms with Gasteiger partial charge in [-0.3, -0.25) is 9.00 Å². The van der Waals surface area contributed by atoms with Gasteiger partial charge in [0.05, 0.1) is 16.6 Å². The van der Waals surface area contributed by atoms with Crippen LogP contribution in [0, 0.1) is 6.92 Å². The van der Waals surface area contributed by atoms with Crippen LogP contribution in [0.2, 0.25) is 0 Å². The molecule has 2 aromatic rings. The molecule has 1 fully saturated rings. The van der Waals surface area contributed by atoms with Crippen molar-refractivity contribution in [2.24, 2.45) is 0 Å². The highest BCUT2D eigenvalue weighted by Gasteiger charge is 2.16. The number of likely N-dealkylation sites (N-methyl/N-ethyl adjacent to an activating group) is 1. The number of hydrogen-bond acceptors (Lipinski definition) is 5. The summed E-state index contributed by atoms with van der Waals surface area (Å²) in [7, 11) is -1.19. The highest BCUT2D eigenvalue weighted by Crippen LogP contribution is 2.18. The fourth-order valence-corrected chi connectivity index (χ4v) is 4.74. The molecule has 0 radical (unpaired) electrons. The van der Waals surface area contributed by atoms with E-state index in [1.54, 1.807) is 12.1 Å². The number of benzene rings is 1. The van der Waals surface area contributed by atoms with Gasteiger partial charge in [0.25, 0.3) is 5.91 Å². The van der Waals surface area contributed by atoms with Gasteiger partial charge in [-0.05, 0) is 50.2 Å². The molecular formula is C22H31N3O3S. The summed E-state index contributed by atoms with van der Waals surface area (Å²) in [6.45, 7) is 11.3. The molecule has 0 spiro atoms. The predicted octanol–water partition coefficient (Wildman–Crippen LogP) is 2.65. The topological polar surface area (TPSA) is 65.8 Å². The van der Waals surface area contributed by atoms with Crippen molar-refractivity contribution in [3.63, 3.8) is 0 Å². The Morgan fingerprint density at radius 2 is 1.83 bits per heavy atom. The second-order valence-corrected chi connectivity index (χ2v) is 8.83. The first-order chi connectivity index (χ1) is 14.1. The average molecular weight is 418 g/mol. The molecule has 1 saturated heterocycles. The Labute approximate surface area is 175 Å². The fourth-order valence-electron chi connectivity index (χ4n) is 3.52. The van der Waals surface area contributed by atoms with Gasteiger partial charge in [0.2, 0.25) is 0 Å². The van der Waals surface area contributed by atoms with Crippen LogP contribution in [0.15, 0.2) is 45.7 Å². The molecule has 1 aromatic carbocycles. The molecule has 3 rings (SSSR count). The van der Waals surface area contributed by atoms with Crippen molar-refractivity contribution in [3.8, 4) is 0 Å². The van der Waals surface area contributed by atoms with Crippen molar-refractivity contribution >= 4 is 16.7 Å². The molecule has 1 N–H and O–H groups in total. The van der Waals surface area contributed by atoms with Gasteiger partial charge in [-0.2, -0.15) is 0 Å². The van der Waals surface area contributed by atoms with Crippen LogP contribution in [-0.4, -0.2) is 65.7 Å². The maximum atomic E-state index is 12.6. The van der Waals surface area contributed by atoms with E-state index >= 15 is 0 Å². The Balaban J connectivity index is 1.40. The van der Waals surface area contributed by atoms with Crippen LogP contribution < -0.4 is 5.32 Å². The number of hydrogen-bond donors (Lipinski definition) is 1. The standard InChI is InChI=1S/C22H31N3O3S/c1-3-24-13-15-25(16-14-24)12-6-11-23-22(26)20-10-9-19(28-20)17-29(27)21-8-5-4-7-18(21)2/h4-5,7-10H,3,6,11-17H2,1-2H3,(H,23,26)/t29-/m1/s1. The number of nitrogens with zero attached hydrogens (tertiary/aromatic N) is 2. The second-order valence-electron chi connectivity index (χ2n) is 7.41. The largest absolute Gasteiger partial charge is 0.455 e. The monoisotopic (exact) mass is 417 g/mol. The first-order valence-electron chi connectivity index (χ1n) is 10.3. The Kier molecular flexibility index (Phi) is 8.03. The third-order valence-electron chi connectivity index (χ3n) is 5.35. The summed E-state index contributed by atoms with van der Waals surface area (Å²) in [5.74, 6) is 0.889. The van der Waals surface area contributed by atoms with Crippen LogP contribution >= 0.6 is 0 Å². The lowest BCUT2D eigenvalue weighted by Crippen LogP contribution is -2.46. The van der Waals surface area contributed by atoms with Crippen LogP contribution in [0.3, 0.4) is 0 Å². The predicted molar refractivity (Wildman–Crippen MR) is 116 cm³/mol. The van der Waals surface area contributed by atoms with Gasteiger partial charge in [-0.1, -0.05) is 25.1 Å². The van der Waals surface area contributed by atoms with E-state index in [0.29, 0.717) is 12.3 Å². The minimum absolute atomic E-state index is 0.214. The zero-order valence-corrected chi connectivity index (χ0v) is 18.2. The SMILES string of the molecule is CCN1CCN(CCCNC(=O)c2ccc(C[S@@](=O)c3ccccc3C)o2)CC1. The van der Waals surface area contributed by atoms with E-state index in [-0.39, 0.29) is 17.4 Å². The molecule has 0 bridgehead atoms. The number of rotatable bonds is 9. The lowest BCUT2D eigenvalue weighted by Gasteiger charge is -2.33. The maximum absolute atomic E-state index is 12.6. The van der Waals surface area contributed by atoms with Gasteiger partial charge in [-0.15, -0.1) is 0 Å². The van der Waals surface area contributed by atoms with Crippen molar-refractivity contribution in [1.82, 2.24) is 15.1 Å². The van der Waals surface area contributed by atoms with Gasteiger partial charge < -0.3 is 19.5 Å². The molecule has 1 aliphatic heterocycles. The average Bonchev–Trinajstić information content (AvgIpc) is 3.20. The van der Waals surface area contributed by atoms with Crippen molar-refractivity contribution in [2.75, 3.05) is 45.8 Å². The van der Waals surface area contributed by atoms with Gasteiger partial charge in [0.1, 0.15) is 5.76 Å². The first kappa shape index (κ1) is 21.7. The van der Waals surface area contributed by atoms with Crippen LogP contribution in [0.1, 0.15) is 35.2 Å². The maximum Gasteiger partial charge on any atom is 0.286 e. The summed E-state index contributed by atoms with van der Waals surface area (Å²) in [4.78, 5) is 18.0. The Bertz CT molecular complexity index is 828. The quantitative estimate of drug-likeness (QED) is 0.636. The molecule has 29 heavy (non-hydrogen) atoms. The normalized spacial score (nSPS) is 16.6. The summed E-state index contributed by atoms with van der Waals surface area (Å²) in [6.07, 6.45) is 0.919. The van der Waals surface area contributed by atoms with E-state index < -0.39 is 10.8 Å². The first-order valence-corrected chi connectivity index (χ1v) is 11.6. The zero-order chi connectivity index (χ0) is 20.6. The fraction of sp³-hybridized carbons (Fsp3) is 0.500. The molecule has 158 valence electrons. The van der Waals surface area contributed by atoms with E-state index in [1.165, 1.54) is 0 Å². The van der Waals surface area contributed by atoms with E-state index in [9.17, 15) is 9.00 Å². The van der Waals surface area contributed by atoms with Crippen LogP contribution in [-0.2, 0) is 16.6 Å². The van der Waals surface area contributed by atoms with Gasteiger partial charge in [-0.25, -0.2) is 0 Å². The van der Waals surface area contributed by atoms with Crippen LogP contribution in [0.4, 0.5) is 0 Å². The lowest BCUT2D eigenvalue weighted by molar-refractivity contribution is 0.0919. The van der Waals surface area contributed by atoms with E-state index in [1.807, 2.05) is 31.2 Å². The van der Waals surface area contributed by atoms with Crippen LogP contribution in [0.5, 0.6) is 0 Å². The Hall–Kier alpha value is -1.96. The van der Waals surface area contributed by atoms with Crippen molar-refractivity contribution in [3.05, 3.63) is 53.5 Å². The van der Waals surface area contributed by atoms with Crippen molar-refractivity contribution < 1.29 is 13.4 Å². The molecule has 0 unspecified atom stereocenters. The number of carbonyl (C=O) groups is 1. The number of piperazine rings is 1. The lowest BCUT2D eigenvalue weighted by atomic mass is 10.2. The zero-order valence-electron chi connectivity index (χ0n) is 17.4. The molecule has 1 aromatic heterocycles. The van der Waals surface area contributed by atoms with Crippen molar-refractivity contribution in [2.45, 2.75) is 30.9 Å². The molecule has 7 heteroatoms. The number of aryl methyl sites for hydroxylation is 1. The summed E-state index contributed by atoms with van der Waals surface area (Å²) in [5.41, 5.74) is 0.992. The van der Waals surface area contributed by atoms with Gasteiger partial charge in [0.15, 0.2) is 5.76 Å². The van der Waals surface area contributed by atoms with Crippen molar-refractivity contribution in [1.29, 1.82) is 0 Å². The van der Waals surface area contributed by atoms with E-state index in [0.717, 1.165) is 56.1 Å². The highest BCUT2D eigenvalue weighted by molar-refractivity contribution is 7.84. The molecule has 1 amide bonds. The van der Waals surface area contributed by atoms with Crippen LogP contribution in [0.25, 0.3) is 0 Å². The number of amides is 1. The Morgan fingerprint density at radius 3 is 2.55 bits per heavy atom. The molecule has 0 saturated carbocycles. The minimum Gasteiger partial charge on any atom is -0.455 e. The Morgan fingerprint density at radius 1 is 1.10 bits per heavy atom. The second kappa shape index (κ2) is 10.7. The van der Waals surface area contributed by atoms with Gasteiger partial charge >= 0.3 is 0 Å². The molecule has 0 aliphatic carbocycles. The van der Waals surface area contributed by atoms with E-state index in [2.05, 4.69) is 22.0 Å². The summed E-state index contributed by atoms with van der Waals surface area (Å²) in [6, 6.07) is 11.0. The molecule has 1 aliphatic rings. The summed E-state index contributed by atoms with van der Waals surface area (Å²) >= 11 is 0. The number of nitrogens with one attached hydrogen (secondary N) is 1. The molecule has 1 atom stereocenters. The minimum atomic E-state index is -1.19. The van der Waals surface area contributed by atoms with E-state index in [4.69, 9.17) is 4.42 Å². The molecular weight excluding hydrogens is 386 g/mol. The summed E-state index contributed by atoms with van der Waals surface area (Å²) in [5, 5.41) is 2.92. The third kappa shape index (κ3) is 6.26. The summed E-state index contributed by atoms with van der Waals surface area (Å²) < 4.78 is 18.2.